The third-order valence-corrected chi connectivity index (χ3v) is 5.67. The summed E-state index contributed by atoms with van der Waals surface area (Å²) in [6, 6.07) is 22.1. The van der Waals surface area contributed by atoms with Crippen LogP contribution in [0.25, 0.3) is 53.9 Å². The predicted molar refractivity (Wildman–Crippen MR) is 113 cm³/mol. The van der Waals surface area contributed by atoms with E-state index in [1.54, 1.807) is 6.07 Å². The van der Waals surface area contributed by atoms with Crippen LogP contribution < -0.4 is 16.6 Å². The summed E-state index contributed by atoms with van der Waals surface area (Å²) < 4.78 is 0. The van der Waals surface area contributed by atoms with Gasteiger partial charge in [-0.1, -0.05) is 54.6 Å². The fourth-order valence-electron chi connectivity index (χ4n) is 4.54. The van der Waals surface area contributed by atoms with Crippen LogP contribution in [0.1, 0.15) is 0 Å². The Morgan fingerprint density at radius 1 is 0.519 bits per heavy atom. The fraction of sp³-hybridized carbons (Fsp3) is 0. The van der Waals surface area contributed by atoms with Crippen LogP contribution in [0.4, 0.5) is 5.69 Å². The zero-order valence-corrected chi connectivity index (χ0v) is 14.2. The number of benzene rings is 6. The summed E-state index contributed by atoms with van der Waals surface area (Å²) in [6.45, 7) is 0. The van der Waals surface area contributed by atoms with Crippen molar-refractivity contribution in [3.63, 3.8) is 0 Å². The van der Waals surface area contributed by atoms with Crippen LogP contribution in [0.3, 0.4) is 0 Å². The van der Waals surface area contributed by atoms with Crippen LogP contribution in [0, 0.1) is 0 Å². The van der Waals surface area contributed by atoms with Crippen LogP contribution >= 0.6 is 0 Å². The summed E-state index contributed by atoms with van der Waals surface area (Å²) in [5.41, 5.74) is 4.75. The summed E-state index contributed by atoms with van der Waals surface area (Å²) >= 11 is 0. The second-order valence-corrected chi connectivity index (χ2v) is 7.09. The normalized spacial score (nSPS) is 12.1. The molecule has 0 aliphatic heterocycles. The predicted octanol–water partition coefficient (Wildman–Crippen LogP) is 4.63. The van der Waals surface area contributed by atoms with Gasteiger partial charge in [0.05, 0.1) is 5.69 Å². The molecule has 0 heterocycles. The molecule has 0 fully saturated rings. The molecule has 0 bridgehead atoms. The highest BCUT2D eigenvalue weighted by molar-refractivity contribution is 6.38. The van der Waals surface area contributed by atoms with E-state index in [9.17, 15) is 9.59 Å². The van der Waals surface area contributed by atoms with Gasteiger partial charge in [-0.3, -0.25) is 9.59 Å². The lowest BCUT2D eigenvalue weighted by Crippen LogP contribution is -2.26. The first-order chi connectivity index (χ1) is 13.1. The van der Waals surface area contributed by atoms with Gasteiger partial charge in [-0.15, -0.1) is 0 Å². The molecule has 0 atom stereocenters. The molecule has 126 valence electrons. The Morgan fingerprint density at radius 2 is 1.26 bits per heavy atom. The Labute approximate surface area is 152 Å². The van der Waals surface area contributed by atoms with Crippen molar-refractivity contribution in [3.05, 3.63) is 87.2 Å². The first-order valence-corrected chi connectivity index (χ1v) is 8.83. The molecule has 0 amide bonds. The average molecular weight is 347 g/mol. The van der Waals surface area contributed by atoms with E-state index in [1.165, 1.54) is 0 Å². The van der Waals surface area contributed by atoms with E-state index >= 15 is 0 Å². The van der Waals surface area contributed by atoms with E-state index in [1.807, 2.05) is 36.4 Å². The molecule has 0 radical (unpaired) electrons. The Bertz CT molecular complexity index is 1670. The van der Waals surface area contributed by atoms with Gasteiger partial charge in [-0.05, 0) is 55.2 Å². The number of hydrogen-bond donors (Lipinski definition) is 1. The zero-order valence-electron chi connectivity index (χ0n) is 14.2. The molecule has 6 aromatic carbocycles. The lowest BCUT2D eigenvalue weighted by Gasteiger charge is -2.16. The van der Waals surface area contributed by atoms with E-state index in [0.29, 0.717) is 5.39 Å². The monoisotopic (exact) mass is 347 g/mol. The molecule has 0 saturated carbocycles. The van der Waals surface area contributed by atoms with Crippen LogP contribution in [0.5, 0.6) is 0 Å². The number of anilines is 1. The van der Waals surface area contributed by atoms with E-state index in [2.05, 4.69) is 24.3 Å². The summed E-state index contributed by atoms with van der Waals surface area (Å²) in [7, 11) is 0. The number of nitrogens with two attached hydrogens (primary N) is 1. The molecule has 3 heteroatoms. The highest BCUT2D eigenvalue weighted by atomic mass is 16.2. The maximum Gasteiger partial charge on any atom is 0.249 e. The van der Waals surface area contributed by atoms with Crippen LogP contribution in [0.2, 0.25) is 0 Å². The highest BCUT2D eigenvalue weighted by Gasteiger charge is 2.19. The second-order valence-electron chi connectivity index (χ2n) is 7.09. The lowest BCUT2D eigenvalue weighted by molar-refractivity contribution is 1.55. The van der Waals surface area contributed by atoms with Crippen LogP contribution in [0.15, 0.2) is 76.3 Å². The second kappa shape index (κ2) is 4.71. The van der Waals surface area contributed by atoms with E-state index in [0.717, 1.165) is 48.5 Å². The van der Waals surface area contributed by atoms with Crippen molar-refractivity contribution >= 4 is 59.5 Å². The SMILES string of the molecule is Nc1cc2c3cccc4ccc5cc6ccccc6c(c2c(=O)c1=O)c5c43. The standard InChI is InChI=1S/C24H13NO2/c25-18-11-17-16-7-3-5-12-8-9-14-10-13-4-1-2-6-15(13)21(20(14)19(12)16)22(17)24(27)23(18)26/h1-11H,25H2. The topological polar surface area (TPSA) is 60.2 Å². The number of nitrogen functional groups attached to an aromatic ring is 1. The quantitative estimate of drug-likeness (QED) is 0.189. The smallest absolute Gasteiger partial charge is 0.249 e. The fourth-order valence-corrected chi connectivity index (χ4v) is 4.54. The van der Waals surface area contributed by atoms with Gasteiger partial charge < -0.3 is 5.73 Å². The number of rotatable bonds is 0. The van der Waals surface area contributed by atoms with Crippen molar-refractivity contribution in [2.45, 2.75) is 0 Å². The molecule has 0 aromatic heterocycles. The summed E-state index contributed by atoms with van der Waals surface area (Å²) in [6.07, 6.45) is 0. The first kappa shape index (κ1) is 14.4. The van der Waals surface area contributed by atoms with E-state index in [4.69, 9.17) is 5.73 Å². The number of fused-ring (bicyclic) bond motifs is 5. The van der Waals surface area contributed by atoms with Crippen LogP contribution in [-0.2, 0) is 0 Å². The number of hydrogen-bond acceptors (Lipinski definition) is 3. The van der Waals surface area contributed by atoms with Crippen molar-refractivity contribution in [1.29, 1.82) is 0 Å². The zero-order chi connectivity index (χ0) is 18.3. The highest BCUT2D eigenvalue weighted by Crippen LogP contribution is 2.42. The molecule has 6 rings (SSSR count). The Kier molecular flexibility index (Phi) is 2.52. The molecule has 6 aromatic rings. The van der Waals surface area contributed by atoms with Gasteiger partial charge in [0, 0.05) is 10.8 Å². The van der Waals surface area contributed by atoms with Crippen molar-refractivity contribution in [3.8, 4) is 0 Å². The maximum absolute atomic E-state index is 13.1. The van der Waals surface area contributed by atoms with Crippen LogP contribution in [-0.4, -0.2) is 0 Å². The summed E-state index contributed by atoms with van der Waals surface area (Å²) in [4.78, 5) is 25.5. The van der Waals surface area contributed by atoms with Gasteiger partial charge in [0.2, 0.25) is 10.9 Å². The third-order valence-electron chi connectivity index (χ3n) is 5.67. The van der Waals surface area contributed by atoms with Crippen molar-refractivity contribution < 1.29 is 0 Å². The Balaban J connectivity index is 2.18. The van der Waals surface area contributed by atoms with Gasteiger partial charge in [-0.25, -0.2) is 0 Å². The molecular weight excluding hydrogens is 334 g/mol. The minimum atomic E-state index is -0.624. The molecule has 0 saturated heterocycles. The summed E-state index contributed by atoms with van der Waals surface area (Å²) in [5.74, 6) is 0. The Morgan fingerprint density at radius 3 is 2.15 bits per heavy atom. The Hall–Kier alpha value is -3.72. The van der Waals surface area contributed by atoms with Gasteiger partial charge in [-0.2, -0.15) is 0 Å². The molecule has 0 unspecified atom stereocenters. The molecule has 2 N–H and O–H groups in total. The van der Waals surface area contributed by atoms with Crippen molar-refractivity contribution in [1.82, 2.24) is 0 Å². The summed E-state index contributed by atoms with van der Waals surface area (Å²) in [5, 5.41) is 9.39. The minimum absolute atomic E-state index is 0.00612. The third kappa shape index (κ3) is 1.66. The van der Waals surface area contributed by atoms with Crippen molar-refractivity contribution in [2.24, 2.45) is 0 Å². The van der Waals surface area contributed by atoms with E-state index in [-0.39, 0.29) is 5.69 Å². The average Bonchev–Trinajstić information content (AvgIpc) is 2.70. The molecule has 27 heavy (non-hydrogen) atoms. The maximum atomic E-state index is 13.1. The molecular formula is C24H13NO2. The van der Waals surface area contributed by atoms with Gasteiger partial charge in [0.15, 0.2) is 0 Å². The molecule has 0 spiro atoms. The first-order valence-electron chi connectivity index (χ1n) is 8.83. The van der Waals surface area contributed by atoms with Crippen molar-refractivity contribution in [2.75, 3.05) is 5.73 Å². The lowest BCUT2D eigenvalue weighted by atomic mass is 9.86. The molecule has 0 aliphatic carbocycles. The van der Waals surface area contributed by atoms with Gasteiger partial charge in [0.1, 0.15) is 0 Å². The van der Waals surface area contributed by atoms with E-state index < -0.39 is 10.9 Å². The minimum Gasteiger partial charge on any atom is -0.395 e. The van der Waals surface area contributed by atoms with Gasteiger partial charge >= 0.3 is 0 Å². The molecule has 0 aliphatic rings. The molecule has 3 nitrogen and oxygen atoms in total. The largest absolute Gasteiger partial charge is 0.395 e. The van der Waals surface area contributed by atoms with Gasteiger partial charge in [0.25, 0.3) is 0 Å².